The highest BCUT2D eigenvalue weighted by Gasteiger charge is 2.31. The third kappa shape index (κ3) is 1.38. The fraction of sp³-hybridized carbons (Fsp3) is 0.636. The summed E-state index contributed by atoms with van der Waals surface area (Å²) >= 11 is 0. The fourth-order valence-electron chi connectivity index (χ4n) is 2.34. The monoisotopic (exact) mass is 180 g/mol. The molecule has 0 nitrogen and oxygen atoms in total. The number of hydrogen-bond acceptors (Lipinski definition) is 0. The zero-order valence-electron chi connectivity index (χ0n) is 7.96. The van der Waals surface area contributed by atoms with Crippen molar-refractivity contribution in [2.45, 2.75) is 44.4 Å². The predicted octanol–water partition coefficient (Wildman–Crippen LogP) is 3.88. The summed E-state index contributed by atoms with van der Waals surface area (Å²) in [7, 11) is 0.206. The zero-order valence-corrected chi connectivity index (χ0v) is 8.85. The summed E-state index contributed by atoms with van der Waals surface area (Å²) in [5, 5.41) is 1.68. The molecule has 0 saturated carbocycles. The van der Waals surface area contributed by atoms with E-state index in [-0.39, 0.29) is 7.92 Å². The van der Waals surface area contributed by atoms with Crippen LogP contribution >= 0.6 is 7.92 Å². The molecule has 0 aromatic rings. The van der Waals surface area contributed by atoms with Gasteiger partial charge in [0.05, 0.1) is 0 Å². The Morgan fingerprint density at radius 1 is 1.25 bits per heavy atom. The fourth-order valence-corrected chi connectivity index (χ4v) is 5.68. The van der Waals surface area contributed by atoms with Gasteiger partial charge in [-0.2, -0.15) is 0 Å². The highest BCUT2D eigenvalue weighted by molar-refractivity contribution is 7.64. The molecule has 1 fully saturated rings. The Morgan fingerprint density at radius 3 is 2.42 bits per heavy atom. The first kappa shape index (κ1) is 8.51. The van der Waals surface area contributed by atoms with E-state index in [4.69, 9.17) is 0 Å². The molecule has 1 saturated heterocycles. The summed E-state index contributed by atoms with van der Waals surface area (Å²) in [6.07, 6.45) is 11.2. The zero-order chi connectivity index (χ0) is 8.55. The standard InChI is InChI=1S/C11H17P/c1-9-7-8-10(2)12(9)11-5-3-4-6-11/h3,5-6,9-10H,4,7-8H2,1-2H3/t9-,10-/m0/s1. The van der Waals surface area contributed by atoms with Gasteiger partial charge in [0.2, 0.25) is 0 Å². The minimum absolute atomic E-state index is 0.206. The predicted molar refractivity (Wildman–Crippen MR) is 56.9 cm³/mol. The molecule has 0 bridgehead atoms. The van der Waals surface area contributed by atoms with E-state index >= 15 is 0 Å². The first-order chi connectivity index (χ1) is 5.79. The van der Waals surface area contributed by atoms with Crippen molar-refractivity contribution in [3.05, 3.63) is 23.5 Å². The van der Waals surface area contributed by atoms with Crippen LogP contribution in [0.5, 0.6) is 0 Å². The highest BCUT2D eigenvalue weighted by atomic mass is 31.1. The van der Waals surface area contributed by atoms with Gasteiger partial charge in [0.15, 0.2) is 0 Å². The van der Waals surface area contributed by atoms with Crippen LogP contribution in [0.1, 0.15) is 33.1 Å². The Bertz CT molecular complexity index is 217. The Labute approximate surface area is 76.5 Å². The van der Waals surface area contributed by atoms with Gasteiger partial charge < -0.3 is 0 Å². The van der Waals surface area contributed by atoms with Crippen molar-refractivity contribution in [3.8, 4) is 0 Å². The van der Waals surface area contributed by atoms with Crippen LogP contribution in [0.4, 0.5) is 0 Å². The van der Waals surface area contributed by atoms with Crippen molar-refractivity contribution < 1.29 is 0 Å². The van der Waals surface area contributed by atoms with Crippen LogP contribution in [0.3, 0.4) is 0 Å². The van der Waals surface area contributed by atoms with Crippen LogP contribution in [0.25, 0.3) is 0 Å². The average molecular weight is 180 g/mol. The summed E-state index contributed by atoms with van der Waals surface area (Å²) < 4.78 is 0. The van der Waals surface area contributed by atoms with E-state index in [2.05, 4.69) is 32.1 Å². The topological polar surface area (TPSA) is 0 Å². The van der Waals surface area contributed by atoms with E-state index in [1.54, 1.807) is 5.31 Å². The molecule has 0 radical (unpaired) electrons. The molecule has 1 heterocycles. The Morgan fingerprint density at radius 2 is 1.92 bits per heavy atom. The molecule has 0 unspecified atom stereocenters. The van der Waals surface area contributed by atoms with E-state index in [9.17, 15) is 0 Å². The Hall–Kier alpha value is -0.0900. The second-order valence-electron chi connectivity index (χ2n) is 3.95. The van der Waals surface area contributed by atoms with E-state index in [0.29, 0.717) is 0 Å². The lowest BCUT2D eigenvalue weighted by Crippen LogP contribution is -1.96. The lowest BCUT2D eigenvalue weighted by atomic mass is 10.2. The Kier molecular flexibility index (Phi) is 2.37. The maximum Gasteiger partial charge on any atom is -0.0156 e. The van der Waals surface area contributed by atoms with Crippen molar-refractivity contribution in [1.29, 1.82) is 0 Å². The van der Waals surface area contributed by atoms with Crippen molar-refractivity contribution in [2.24, 2.45) is 0 Å². The first-order valence-electron chi connectivity index (χ1n) is 4.94. The second kappa shape index (κ2) is 3.34. The molecule has 1 aliphatic heterocycles. The smallest absolute Gasteiger partial charge is 0.0156 e. The van der Waals surface area contributed by atoms with Crippen LogP contribution in [-0.2, 0) is 0 Å². The minimum Gasteiger partial charge on any atom is -0.0801 e. The Balaban J connectivity index is 2.15. The molecule has 66 valence electrons. The second-order valence-corrected chi connectivity index (χ2v) is 7.04. The van der Waals surface area contributed by atoms with E-state index in [0.717, 1.165) is 11.3 Å². The number of rotatable bonds is 1. The summed E-state index contributed by atoms with van der Waals surface area (Å²) in [6, 6.07) is 0. The SMILES string of the molecule is C[C@H]1CC[C@H](C)P1C1=CCC=C1. The third-order valence-corrected chi connectivity index (χ3v) is 6.35. The van der Waals surface area contributed by atoms with Gasteiger partial charge in [-0.1, -0.05) is 40.0 Å². The summed E-state index contributed by atoms with van der Waals surface area (Å²) in [4.78, 5) is 0. The lowest BCUT2D eigenvalue weighted by Gasteiger charge is -2.21. The molecule has 0 aromatic heterocycles. The quantitative estimate of drug-likeness (QED) is 0.537. The normalized spacial score (nSPS) is 36.0. The molecule has 2 atom stereocenters. The number of allylic oxidation sites excluding steroid dienone is 4. The van der Waals surface area contributed by atoms with Crippen molar-refractivity contribution in [1.82, 2.24) is 0 Å². The van der Waals surface area contributed by atoms with Gasteiger partial charge in [-0.25, -0.2) is 0 Å². The van der Waals surface area contributed by atoms with Crippen LogP contribution in [0.15, 0.2) is 23.5 Å². The molecule has 2 aliphatic rings. The van der Waals surface area contributed by atoms with Gasteiger partial charge in [-0.15, -0.1) is 0 Å². The van der Waals surface area contributed by atoms with Crippen molar-refractivity contribution in [3.63, 3.8) is 0 Å². The maximum absolute atomic E-state index is 2.43. The first-order valence-corrected chi connectivity index (χ1v) is 6.42. The molecular weight excluding hydrogens is 163 g/mol. The van der Waals surface area contributed by atoms with Gasteiger partial charge in [0, 0.05) is 0 Å². The molecule has 12 heavy (non-hydrogen) atoms. The van der Waals surface area contributed by atoms with Gasteiger partial charge >= 0.3 is 0 Å². The molecule has 2 rings (SSSR count). The third-order valence-electron chi connectivity index (χ3n) is 3.00. The van der Waals surface area contributed by atoms with Gasteiger partial charge in [0.25, 0.3) is 0 Å². The van der Waals surface area contributed by atoms with Crippen molar-refractivity contribution >= 4 is 7.92 Å². The lowest BCUT2D eigenvalue weighted by molar-refractivity contribution is 0.777. The van der Waals surface area contributed by atoms with E-state index in [1.807, 2.05) is 0 Å². The molecular formula is C11H17P. The molecule has 0 amide bonds. The van der Waals surface area contributed by atoms with Gasteiger partial charge in [-0.3, -0.25) is 0 Å². The molecule has 1 heteroatoms. The van der Waals surface area contributed by atoms with E-state index in [1.165, 1.54) is 19.3 Å². The maximum atomic E-state index is 2.43. The van der Waals surface area contributed by atoms with Crippen LogP contribution in [-0.4, -0.2) is 11.3 Å². The van der Waals surface area contributed by atoms with E-state index < -0.39 is 0 Å². The summed E-state index contributed by atoms with van der Waals surface area (Å²) in [6.45, 7) is 4.87. The molecule has 0 N–H and O–H groups in total. The van der Waals surface area contributed by atoms with Crippen LogP contribution in [0, 0.1) is 0 Å². The van der Waals surface area contributed by atoms with Gasteiger partial charge in [-0.05, 0) is 35.9 Å². The minimum atomic E-state index is 0.206. The molecule has 1 aliphatic carbocycles. The van der Waals surface area contributed by atoms with Crippen molar-refractivity contribution in [2.75, 3.05) is 0 Å². The largest absolute Gasteiger partial charge is 0.0801 e. The molecule has 0 aromatic carbocycles. The number of hydrogen-bond donors (Lipinski definition) is 0. The highest BCUT2D eigenvalue weighted by Crippen LogP contribution is 2.61. The summed E-state index contributed by atoms with van der Waals surface area (Å²) in [5.74, 6) is 0. The summed E-state index contributed by atoms with van der Waals surface area (Å²) in [5.41, 5.74) is 1.95. The van der Waals surface area contributed by atoms with Gasteiger partial charge in [0.1, 0.15) is 0 Å². The molecule has 0 spiro atoms. The van der Waals surface area contributed by atoms with Crippen LogP contribution in [0.2, 0.25) is 0 Å². The average Bonchev–Trinajstić information content (AvgIpc) is 2.61. The van der Waals surface area contributed by atoms with Crippen LogP contribution < -0.4 is 0 Å².